The van der Waals surface area contributed by atoms with Crippen molar-refractivity contribution in [3.05, 3.63) is 94.5 Å². The Morgan fingerprint density at radius 2 is 1.70 bits per heavy atom. The number of hydrogen-bond donors (Lipinski definition) is 1. The number of esters is 1. The lowest BCUT2D eigenvalue weighted by atomic mass is 10.0. The van der Waals surface area contributed by atoms with Crippen LogP contribution in [-0.2, 0) is 32.5 Å². The molecule has 0 saturated heterocycles. The van der Waals surface area contributed by atoms with E-state index in [0.29, 0.717) is 23.7 Å². The van der Waals surface area contributed by atoms with Crippen molar-refractivity contribution in [3.63, 3.8) is 0 Å². The van der Waals surface area contributed by atoms with E-state index in [1.165, 1.54) is 28.6 Å². The monoisotopic (exact) mass is 484 g/mol. The van der Waals surface area contributed by atoms with Gasteiger partial charge >= 0.3 is 5.97 Å². The average molecular weight is 485 g/mol. The van der Waals surface area contributed by atoms with E-state index < -0.39 is 28.5 Å². The van der Waals surface area contributed by atoms with Gasteiger partial charge in [0.2, 0.25) is 10.0 Å². The molecule has 9 heteroatoms. The molecule has 0 radical (unpaired) electrons. The molecule has 1 N–H and O–H groups in total. The molecule has 1 heterocycles. The van der Waals surface area contributed by atoms with Gasteiger partial charge in [-0.1, -0.05) is 54.1 Å². The molecule has 4 rings (SSSR count). The van der Waals surface area contributed by atoms with Gasteiger partial charge in [0.05, 0.1) is 21.2 Å². The van der Waals surface area contributed by atoms with Gasteiger partial charge in [0.1, 0.15) is 0 Å². The molecule has 33 heavy (non-hydrogen) atoms. The van der Waals surface area contributed by atoms with E-state index in [2.05, 4.69) is 5.32 Å². The number of fused-ring (bicyclic) bond motifs is 1. The molecule has 0 atom stereocenters. The van der Waals surface area contributed by atoms with Crippen LogP contribution in [0.3, 0.4) is 0 Å². The minimum atomic E-state index is -3.81. The van der Waals surface area contributed by atoms with Crippen molar-refractivity contribution in [1.82, 2.24) is 4.31 Å². The standard InChI is InChI=1S/C24H21ClN2O5S/c25-21-10-3-4-11-22(21)26-23(28)16-32-24(29)18-8-5-9-20(14-18)33(30,31)27-13-12-17-6-1-2-7-19(17)15-27/h1-11,14H,12-13,15-16H2,(H,26,28). The predicted molar refractivity (Wildman–Crippen MR) is 125 cm³/mol. The Morgan fingerprint density at radius 1 is 0.970 bits per heavy atom. The SMILES string of the molecule is O=C(COC(=O)c1cccc(S(=O)(=O)N2CCc3ccccc3C2)c1)Nc1ccccc1Cl. The van der Waals surface area contributed by atoms with E-state index in [0.717, 1.165) is 11.1 Å². The van der Waals surface area contributed by atoms with Crippen LogP contribution < -0.4 is 5.32 Å². The van der Waals surface area contributed by atoms with E-state index in [1.807, 2.05) is 24.3 Å². The predicted octanol–water partition coefficient (Wildman–Crippen LogP) is 3.88. The molecule has 0 aromatic heterocycles. The van der Waals surface area contributed by atoms with E-state index in [4.69, 9.17) is 16.3 Å². The molecule has 7 nitrogen and oxygen atoms in total. The molecule has 0 fully saturated rings. The second-order valence-electron chi connectivity index (χ2n) is 7.49. The largest absolute Gasteiger partial charge is 0.452 e. The molecular weight excluding hydrogens is 464 g/mol. The van der Waals surface area contributed by atoms with Gasteiger partial charge < -0.3 is 10.1 Å². The molecule has 3 aromatic rings. The first kappa shape index (κ1) is 23.0. The van der Waals surface area contributed by atoms with Crippen molar-refractivity contribution in [2.75, 3.05) is 18.5 Å². The summed E-state index contributed by atoms with van der Waals surface area (Å²) in [7, 11) is -3.81. The number of nitrogens with one attached hydrogen (secondary N) is 1. The lowest BCUT2D eigenvalue weighted by Crippen LogP contribution is -2.36. The van der Waals surface area contributed by atoms with Crippen LogP contribution in [0.25, 0.3) is 0 Å². The van der Waals surface area contributed by atoms with Crippen LogP contribution >= 0.6 is 11.6 Å². The van der Waals surface area contributed by atoms with Crippen LogP contribution in [0.4, 0.5) is 5.69 Å². The molecular formula is C24H21ClN2O5S. The summed E-state index contributed by atoms with van der Waals surface area (Å²) in [4.78, 5) is 24.5. The number of hydrogen-bond acceptors (Lipinski definition) is 5. The van der Waals surface area contributed by atoms with E-state index in [9.17, 15) is 18.0 Å². The number of nitrogens with zero attached hydrogens (tertiary/aromatic N) is 1. The van der Waals surface area contributed by atoms with Crippen molar-refractivity contribution in [2.24, 2.45) is 0 Å². The highest BCUT2D eigenvalue weighted by Gasteiger charge is 2.28. The Balaban J connectivity index is 1.42. The topological polar surface area (TPSA) is 92.8 Å². The van der Waals surface area contributed by atoms with Gasteiger partial charge in [-0.3, -0.25) is 4.79 Å². The van der Waals surface area contributed by atoms with E-state index >= 15 is 0 Å². The van der Waals surface area contributed by atoms with Gasteiger partial charge in [-0.25, -0.2) is 13.2 Å². The second-order valence-corrected chi connectivity index (χ2v) is 9.83. The molecule has 3 aromatic carbocycles. The number of anilines is 1. The minimum absolute atomic E-state index is 0.00292. The molecule has 1 amide bonds. The van der Waals surface area contributed by atoms with Gasteiger partial charge in [0, 0.05) is 13.1 Å². The highest BCUT2D eigenvalue weighted by atomic mass is 35.5. The van der Waals surface area contributed by atoms with Crippen LogP contribution in [0.1, 0.15) is 21.5 Å². The normalized spacial score (nSPS) is 13.7. The number of para-hydroxylation sites is 1. The van der Waals surface area contributed by atoms with Crippen LogP contribution in [0.5, 0.6) is 0 Å². The summed E-state index contributed by atoms with van der Waals surface area (Å²) in [6, 6.07) is 20.0. The number of benzene rings is 3. The zero-order chi connectivity index (χ0) is 23.4. The van der Waals surface area contributed by atoms with E-state index in [-0.39, 0.29) is 17.0 Å². The fourth-order valence-corrected chi connectivity index (χ4v) is 5.22. The molecule has 0 unspecified atom stereocenters. The first-order valence-electron chi connectivity index (χ1n) is 10.2. The maximum absolute atomic E-state index is 13.2. The Kier molecular flexibility index (Phi) is 6.78. The summed E-state index contributed by atoms with van der Waals surface area (Å²) in [5.41, 5.74) is 2.54. The molecule has 0 spiro atoms. The molecule has 1 aliphatic rings. The zero-order valence-corrected chi connectivity index (χ0v) is 19.1. The number of carbonyl (C=O) groups is 2. The number of sulfonamides is 1. The highest BCUT2D eigenvalue weighted by molar-refractivity contribution is 7.89. The molecule has 1 aliphatic heterocycles. The first-order chi connectivity index (χ1) is 15.8. The second kappa shape index (κ2) is 9.74. The minimum Gasteiger partial charge on any atom is -0.452 e. The maximum Gasteiger partial charge on any atom is 0.338 e. The Labute approximate surface area is 197 Å². The van der Waals surface area contributed by atoms with Crippen molar-refractivity contribution in [3.8, 4) is 0 Å². The first-order valence-corrected chi connectivity index (χ1v) is 12.0. The summed E-state index contributed by atoms with van der Waals surface area (Å²) in [6.45, 7) is 0.0928. The summed E-state index contributed by atoms with van der Waals surface area (Å²) in [5.74, 6) is -1.36. The van der Waals surface area contributed by atoms with Crippen LogP contribution in [0, 0.1) is 0 Å². The Bertz CT molecular complexity index is 1310. The van der Waals surface area contributed by atoms with Gasteiger partial charge in [0.15, 0.2) is 6.61 Å². The molecule has 170 valence electrons. The highest BCUT2D eigenvalue weighted by Crippen LogP contribution is 2.25. The fraction of sp³-hybridized carbons (Fsp3) is 0.167. The number of amides is 1. The van der Waals surface area contributed by atoms with Gasteiger partial charge in [-0.2, -0.15) is 4.31 Å². The number of carbonyl (C=O) groups excluding carboxylic acids is 2. The lowest BCUT2D eigenvalue weighted by molar-refractivity contribution is -0.119. The Morgan fingerprint density at radius 3 is 2.48 bits per heavy atom. The van der Waals surface area contributed by atoms with Gasteiger partial charge in [0.25, 0.3) is 5.91 Å². The third kappa shape index (κ3) is 5.24. The zero-order valence-electron chi connectivity index (χ0n) is 17.5. The van der Waals surface area contributed by atoms with Crippen molar-refractivity contribution < 1.29 is 22.7 Å². The number of rotatable bonds is 6. The smallest absolute Gasteiger partial charge is 0.338 e. The van der Waals surface area contributed by atoms with Crippen LogP contribution in [0.15, 0.2) is 77.7 Å². The van der Waals surface area contributed by atoms with Crippen LogP contribution in [0.2, 0.25) is 5.02 Å². The molecule has 0 bridgehead atoms. The molecule has 0 aliphatic carbocycles. The maximum atomic E-state index is 13.2. The average Bonchev–Trinajstić information content (AvgIpc) is 2.83. The van der Waals surface area contributed by atoms with E-state index in [1.54, 1.807) is 24.3 Å². The van der Waals surface area contributed by atoms with Gasteiger partial charge in [-0.05, 0) is 47.9 Å². The number of halogens is 1. The lowest BCUT2D eigenvalue weighted by Gasteiger charge is -2.28. The quantitative estimate of drug-likeness (QED) is 0.536. The third-order valence-corrected chi connectivity index (χ3v) is 7.46. The van der Waals surface area contributed by atoms with Crippen molar-refractivity contribution in [1.29, 1.82) is 0 Å². The van der Waals surface area contributed by atoms with Crippen molar-refractivity contribution in [2.45, 2.75) is 17.9 Å². The summed E-state index contributed by atoms with van der Waals surface area (Å²) in [6.07, 6.45) is 0.623. The fourth-order valence-electron chi connectivity index (χ4n) is 3.57. The summed E-state index contributed by atoms with van der Waals surface area (Å²) < 4.78 is 32.8. The summed E-state index contributed by atoms with van der Waals surface area (Å²) in [5, 5.41) is 2.91. The molecule has 0 saturated carbocycles. The van der Waals surface area contributed by atoms with Crippen LogP contribution in [-0.4, -0.2) is 37.8 Å². The van der Waals surface area contributed by atoms with Crippen molar-refractivity contribution >= 4 is 39.2 Å². The van der Waals surface area contributed by atoms with Gasteiger partial charge in [-0.15, -0.1) is 0 Å². The number of ether oxygens (including phenoxy) is 1. The summed E-state index contributed by atoms with van der Waals surface area (Å²) >= 11 is 6.00. The third-order valence-electron chi connectivity index (χ3n) is 5.29. The Hall–Kier alpha value is -3.20.